The van der Waals surface area contributed by atoms with E-state index < -0.39 is 0 Å². The number of halogens is 1. The van der Waals surface area contributed by atoms with Gasteiger partial charge in [0.05, 0.1) is 20.3 Å². The van der Waals surface area contributed by atoms with Crippen LogP contribution in [0.15, 0.2) is 40.9 Å². The fourth-order valence-electron chi connectivity index (χ4n) is 3.41. The number of hydrogen-bond donors (Lipinski definition) is 1. The zero-order chi connectivity index (χ0) is 21.1. The minimum absolute atomic E-state index is 0.0688. The van der Waals surface area contributed by atoms with Crippen LogP contribution in [0.4, 0.5) is 5.69 Å². The summed E-state index contributed by atoms with van der Waals surface area (Å²) in [5.41, 5.74) is 2.98. The Bertz CT molecular complexity index is 1010. The number of carbonyl (C=O) groups excluding carboxylic acids is 2. The fourth-order valence-corrected chi connectivity index (χ4v) is 3.77. The number of morpholine rings is 1. The van der Waals surface area contributed by atoms with Gasteiger partial charge in [0.1, 0.15) is 0 Å². The fraction of sp³-hybridized carbons (Fsp3) is 0.273. The number of rotatable bonds is 5. The van der Waals surface area contributed by atoms with Gasteiger partial charge in [0.2, 0.25) is 0 Å². The molecule has 0 unspecified atom stereocenters. The molecule has 0 aromatic heterocycles. The summed E-state index contributed by atoms with van der Waals surface area (Å²) < 4.78 is 17.3. The van der Waals surface area contributed by atoms with Crippen LogP contribution in [0.1, 0.15) is 11.1 Å². The van der Waals surface area contributed by atoms with Gasteiger partial charge in [-0.1, -0.05) is 22.0 Å². The maximum absolute atomic E-state index is 12.4. The third-order valence-electron chi connectivity index (χ3n) is 4.98. The molecule has 2 amide bonds. The van der Waals surface area contributed by atoms with Gasteiger partial charge in [-0.2, -0.15) is 0 Å². The van der Waals surface area contributed by atoms with Gasteiger partial charge < -0.3 is 24.4 Å². The minimum atomic E-state index is -0.154. The first-order valence-corrected chi connectivity index (χ1v) is 10.3. The summed E-state index contributed by atoms with van der Waals surface area (Å²) >= 11 is 3.45. The first kappa shape index (κ1) is 20.4. The second-order valence-electron chi connectivity index (χ2n) is 6.89. The van der Waals surface area contributed by atoms with Crippen molar-refractivity contribution < 1.29 is 23.8 Å². The highest BCUT2D eigenvalue weighted by atomic mass is 79.9. The number of benzene rings is 2. The summed E-state index contributed by atoms with van der Waals surface area (Å²) in [6.45, 7) is 2.18. The molecule has 2 heterocycles. The van der Waals surface area contributed by atoms with E-state index in [0.29, 0.717) is 43.4 Å². The molecule has 0 atom stereocenters. The molecular weight excluding hydrogens is 452 g/mol. The van der Waals surface area contributed by atoms with Crippen LogP contribution in [0.2, 0.25) is 0 Å². The van der Waals surface area contributed by atoms with Crippen LogP contribution < -0.4 is 14.8 Å². The standard InChI is InChI=1S/C22H21BrN2O5/c1-28-20-11-14(10-17-16-12-15(23)3-4-18(16)24-22(17)27)2-5-19(20)30-13-21(26)25-6-8-29-9-7-25/h2-5,10-12H,6-9,13H2,1H3,(H,24,27)/b17-10-. The Morgan fingerprint density at radius 2 is 2.00 bits per heavy atom. The Labute approximate surface area is 182 Å². The predicted molar refractivity (Wildman–Crippen MR) is 117 cm³/mol. The quantitative estimate of drug-likeness (QED) is 0.676. The molecule has 2 aromatic carbocycles. The summed E-state index contributed by atoms with van der Waals surface area (Å²) in [5.74, 6) is 0.724. The average molecular weight is 473 g/mol. The minimum Gasteiger partial charge on any atom is -0.493 e. The summed E-state index contributed by atoms with van der Waals surface area (Å²) in [5, 5.41) is 2.86. The molecule has 2 aromatic rings. The molecule has 0 saturated carbocycles. The van der Waals surface area contributed by atoms with Crippen LogP contribution in [0.3, 0.4) is 0 Å². The lowest BCUT2D eigenvalue weighted by atomic mass is 10.0. The summed E-state index contributed by atoms with van der Waals surface area (Å²) in [6, 6.07) is 11.0. The molecule has 0 aliphatic carbocycles. The van der Waals surface area contributed by atoms with Crippen LogP contribution in [-0.4, -0.2) is 56.7 Å². The van der Waals surface area contributed by atoms with Crippen molar-refractivity contribution in [2.45, 2.75) is 0 Å². The van der Waals surface area contributed by atoms with E-state index in [0.717, 1.165) is 21.3 Å². The molecule has 30 heavy (non-hydrogen) atoms. The van der Waals surface area contributed by atoms with E-state index in [2.05, 4.69) is 21.2 Å². The van der Waals surface area contributed by atoms with Gasteiger partial charge in [-0.3, -0.25) is 9.59 Å². The maximum Gasteiger partial charge on any atom is 0.260 e. The zero-order valence-corrected chi connectivity index (χ0v) is 18.0. The Morgan fingerprint density at radius 1 is 1.20 bits per heavy atom. The van der Waals surface area contributed by atoms with Crippen LogP contribution in [0.5, 0.6) is 11.5 Å². The number of amides is 2. The van der Waals surface area contributed by atoms with E-state index in [1.54, 1.807) is 23.1 Å². The lowest BCUT2D eigenvalue weighted by Gasteiger charge is -2.26. The number of carbonyl (C=O) groups is 2. The van der Waals surface area contributed by atoms with Crippen molar-refractivity contribution >= 4 is 45.1 Å². The van der Waals surface area contributed by atoms with Crippen molar-refractivity contribution in [2.75, 3.05) is 45.3 Å². The molecule has 2 aliphatic rings. The number of methoxy groups -OCH3 is 1. The van der Waals surface area contributed by atoms with Crippen molar-refractivity contribution in [3.63, 3.8) is 0 Å². The Hall–Kier alpha value is -2.84. The highest BCUT2D eigenvalue weighted by molar-refractivity contribution is 9.10. The second-order valence-corrected chi connectivity index (χ2v) is 7.81. The van der Waals surface area contributed by atoms with Gasteiger partial charge in [-0.15, -0.1) is 0 Å². The number of ether oxygens (including phenoxy) is 3. The third kappa shape index (κ3) is 4.34. The predicted octanol–water partition coefficient (Wildman–Crippen LogP) is 3.19. The molecule has 0 radical (unpaired) electrons. The van der Waals surface area contributed by atoms with Crippen molar-refractivity contribution in [1.82, 2.24) is 4.90 Å². The molecule has 1 N–H and O–H groups in total. The van der Waals surface area contributed by atoms with Crippen molar-refractivity contribution in [1.29, 1.82) is 0 Å². The topological polar surface area (TPSA) is 77.1 Å². The van der Waals surface area contributed by atoms with Gasteiger partial charge in [0.15, 0.2) is 18.1 Å². The molecule has 7 nitrogen and oxygen atoms in total. The lowest BCUT2D eigenvalue weighted by Crippen LogP contribution is -2.43. The highest BCUT2D eigenvalue weighted by Gasteiger charge is 2.24. The molecule has 0 bridgehead atoms. The monoisotopic (exact) mass is 472 g/mol. The molecule has 8 heteroatoms. The van der Waals surface area contributed by atoms with Gasteiger partial charge in [-0.25, -0.2) is 0 Å². The zero-order valence-electron chi connectivity index (χ0n) is 16.4. The van der Waals surface area contributed by atoms with Crippen LogP contribution in [-0.2, 0) is 14.3 Å². The van der Waals surface area contributed by atoms with E-state index >= 15 is 0 Å². The maximum atomic E-state index is 12.4. The molecule has 156 valence electrons. The van der Waals surface area contributed by atoms with Crippen molar-refractivity contribution in [3.8, 4) is 11.5 Å². The number of hydrogen-bond acceptors (Lipinski definition) is 5. The normalized spacial score (nSPS) is 16.9. The Balaban J connectivity index is 1.51. The van der Waals surface area contributed by atoms with Crippen LogP contribution in [0.25, 0.3) is 11.6 Å². The van der Waals surface area contributed by atoms with Gasteiger partial charge >= 0.3 is 0 Å². The molecule has 2 aliphatic heterocycles. The largest absolute Gasteiger partial charge is 0.493 e. The molecule has 0 spiro atoms. The molecule has 4 rings (SSSR count). The molecule has 1 saturated heterocycles. The average Bonchev–Trinajstić information content (AvgIpc) is 3.07. The highest BCUT2D eigenvalue weighted by Crippen LogP contribution is 2.36. The summed E-state index contributed by atoms with van der Waals surface area (Å²) in [4.78, 5) is 26.4. The Kier molecular flexibility index (Phi) is 6.06. The SMILES string of the molecule is COc1cc(/C=C2\C(=O)Nc3ccc(Br)cc32)ccc1OCC(=O)N1CCOCC1. The third-order valence-corrected chi connectivity index (χ3v) is 5.47. The van der Waals surface area contributed by atoms with Crippen LogP contribution in [0, 0.1) is 0 Å². The van der Waals surface area contributed by atoms with Crippen LogP contribution >= 0.6 is 15.9 Å². The number of nitrogens with one attached hydrogen (secondary N) is 1. The molecular formula is C22H21BrN2O5. The van der Waals surface area contributed by atoms with E-state index in [4.69, 9.17) is 14.2 Å². The number of fused-ring (bicyclic) bond motifs is 1. The van der Waals surface area contributed by atoms with E-state index in [9.17, 15) is 9.59 Å². The number of nitrogens with zero attached hydrogens (tertiary/aromatic N) is 1. The number of anilines is 1. The summed E-state index contributed by atoms with van der Waals surface area (Å²) in [6.07, 6.45) is 1.80. The Morgan fingerprint density at radius 3 is 2.77 bits per heavy atom. The first-order valence-electron chi connectivity index (χ1n) is 9.54. The van der Waals surface area contributed by atoms with Gasteiger partial charge in [0, 0.05) is 34.4 Å². The van der Waals surface area contributed by atoms with Gasteiger partial charge in [0.25, 0.3) is 11.8 Å². The van der Waals surface area contributed by atoms with Crippen molar-refractivity contribution in [3.05, 3.63) is 52.0 Å². The summed E-state index contributed by atoms with van der Waals surface area (Å²) in [7, 11) is 1.54. The van der Waals surface area contributed by atoms with E-state index in [1.165, 1.54) is 7.11 Å². The smallest absolute Gasteiger partial charge is 0.260 e. The van der Waals surface area contributed by atoms with Gasteiger partial charge in [-0.05, 0) is 42.0 Å². The molecule has 1 fully saturated rings. The van der Waals surface area contributed by atoms with E-state index in [-0.39, 0.29) is 18.4 Å². The van der Waals surface area contributed by atoms with E-state index in [1.807, 2.05) is 24.3 Å². The second kappa shape index (κ2) is 8.89. The van der Waals surface area contributed by atoms with Crippen molar-refractivity contribution in [2.24, 2.45) is 0 Å². The lowest BCUT2D eigenvalue weighted by molar-refractivity contribution is -0.137. The first-order chi connectivity index (χ1) is 14.5.